The minimum Gasteiger partial charge on any atom is -0.444 e. The number of hydrogen-bond acceptors (Lipinski definition) is 3. The quantitative estimate of drug-likeness (QED) is 0.743. The molecule has 1 fully saturated rings. The van der Waals surface area contributed by atoms with Crippen molar-refractivity contribution in [2.45, 2.75) is 26.4 Å². The molecule has 0 spiro atoms. The molecule has 0 radical (unpaired) electrons. The third-order valence-electron chi connectivity index (χ3n) is 3.38. The molecule has 2 rings (SSSR count). The van der Waals surface area contributed by atoms with Gasteiger partial charge in [0.05, 0.1) is 5.56 Å². The Morgan fingerprint density at radius 2 is 1.70 bits per heavy atom. The number of benzene rings is 1. The molecule has 1 heterocycles. The zero-order valence-electron chi connectivity index (χ0n) is 13.4. The van der Waals surface area contributed by atoms with E-state index in [9.17, 15) is 14.0 Å². The summed E-state index contributed by atoms with van der Waals surface area (Å²) in [4.78, 5) is 27.7. The second-order valence-corrected chi connectivity index (χ2v) is 7.24. The number of ether oxygens (including phenoxy) is 1. The molecule has 1 aliphatic rings. The van der Waals surface area contributed by atoms with Crippen LogP contribution in [0.3, 0.4) is 0 Å². The maximum absolute atomic E-state index is 13.1. The van der Waals surface area contributed by atoms with Crippen LogP contribution in [-0.4, -0.2) is 53.6 Å². The van der Waals surface area contributed by atoms with Crippen LogP contribution in [0.2, 0.25) is 0 Å². The zero-order valence-corrected chi connectivity index (χ0v) is 15.0. The SMILES string of the molecule is CC(C)(C)OC(=O)N1CCN(C(=O)c2ccc(F)cc2Br)CC1. The summed E-state index contributed by atoms with van der Waals surface area (Å²) in [5.74, 6) is -0.580. The van der Waals surface area contributed by atoms with Crippen LogP contribution in [0, 0.1) is 5.82 Å². The topological polar surface area (TPSA) is 49.9 Å². The Morgan fingerprint density at radius 3 is 2.22 bits per heavy atom. The highest BCUT2D eigenvalue weighted by Crippen LogP contribution is 2.21. The molecule has 0 atom stereocenters. The molecule has 7 heteroatoms. The average Bonchev–Trinajstić information content (AvgIpc) is 2.45. The lowest BCUT2D eigenvalue weighted by Crippen LogP contribution is -2.51. The van der Waals surface area contributed by atoms with Crippen LogP contribution in [0.4, 0.5) is 9.18 Å². The lowest BCUT2D eigenvalue weighted by molar-refractivity contribution is 0.0140. The first-order valence-electron chi connectivity index (χ1n) is 7.39. The Morgan fingerprint density at radius 1 is 1.13 bits per heavy atom. The van der Waals surface area contributed by atoms with E-state index in [1.54, 1.807) is 9.80 Å². The summed E-state index contributed by atoms with van der Waals surface area (Å²) in [5.41, 5.74) is -0.125. The maximum atomic E-state index is 13.1. The van der Waals surface area contributed by atoms with E-state index in [2.05, 4.69) is 15.9 Å². The van der Waals surface area contributed by atoms with Gasteiger partial charge in [0.1, 0.15) is 11.4 Å². The molecule has 0 saturated carbocycles. The third kappa shape index (κ3) is 4.67. The average molecular weight is 387 g/mol. The van der Waals surface area contributed by atoms with Crippen molar-refractivity contribution < 1.29 is 18.7 Å². The van der Waals surface area contributed by atoms with Crippen LogP contribution in [0.15, 0.2) is 22.7 Å². The van der Waals surface area contributed by atoms with Gasteiger partial charge in [0.2, 0.25) is 0 Å². The van der Waals surface area contributed by atoms with Crippen LogP contribution in [0.25, 0.3) is 0 Å². The molecule has 1 saturated heterocycles. The van der Waals surface area contributed by atoms with Crippen molar-refractivity contribution in [3.63, 3.8) is 0 Å². The highest BCUT2D eigenvalue weighted by atomic mass is 79.9. The minimum atomic E-state index is -0.539. The number of carbonyl (C=O) groups excluding carboxylic acids is 2. The Kier molecular flexibility index (Phi) is 5.29. The van der Waals surface area contributed by atoms with Gasteiger partial charge in [0.15, 0.2) is 0 Å². The predicted octanol–water partition coefficient (Wildman–Crippen LogP) is 3.28. The van der Waals surface area contributed by atoms with E-state index in [0.717, 1.165) is 0 Å². The third-order valence-corrected chi connectivity index (χ3v) is 4.04. The molecular weight excluding hydrogens is 367 g/mol. The molecule has 0 aliphatic carbocycles. The van der Waals surface area contributed by atoms with Crippen molar-refractivity contribution in [2.75, 3.05) is 26.2 Å². The Hall–Kier alpha value is -1.63. The van der Waals surface area contributed by atoms with E-state index < -0.39 is 11.4 Å². The molecular formula is C16H20BrFN2O3. The summed E-state index contributed by atoms with van der Waals surface area (Å²) in [6, 6.07) is 3.99. The van der Waals surface area contributed by atoms with E-state index in [1.807, 2.05) is 20.8 Å². The van der Waals surface area contributed by atoms with Crippen molar-refractivity contribution in [2.24, 2.45) is 0 Å². The molecule has 2 amide bonds. The van der Waals surface area contributed by atoms with Crippen molar-refractivity contribution in [3.05, 3.63) is 34.1 Å². The van der Waals surface area contributed by atoms with E-state index in [0.29, 0.717) is 36.2 Å². The molecule has 23 heavy (non-hydrogen) atoms. The summed E-state index contributed by atoms with van der Waals surface area (Å²) < 4.78 is 18.9. The van der Waals surface area contributed by atoms with Gasteiger partial charge >= 0.3 is 6.09 Å². The number of nitrogens with zero attached hydrogens (tertiary/aromatic N) is 2. The van der Waals surface area contributed by atoms with E-state index in [-0.39, 0.29) is 12.0 Å². The highest BCUT2D eigenvalue weighted by molar-refractivity contribution is 9.10. The number of carbonyl (C=O) groups is 2. The highest BCUT2D eigenvalue weighted by Gasteiger charge is 2.28. The molecule has 5 nitrogen and oxygen atoms in total. The minimum absolute atomic E-state index is 0.180. The zero-order chi connectivity index (χ0) is 17.2. The first-order valence-corrected chi connectivity index (χ1v) is 8.19. The van der Waals surface area contributed by atoms with Crippen LogP contribution in [0.1, 0.15) is 31.1 Å². The van der Waals surface area contributed by atoms with Crippen LogP contribution < -0.4 is 0 Å². The summed E-state index contributed by atoms with van der Waals surface area (Å²) in [6.07, 6.45) is -0.368. The molecule has 0 bridgehead atoms. The molecule has 1 aromatic carbocycles. The fourth-order valence-corrected chi connectivity index (χ4v) is 2.77. The molecule has 1 aromatic rings. The molecule has 0 N–H and O–H groups in total. The lowest BCUT2D eigenvalue weighted by atomic mass is 10.1. The van der Waals surface area contributed by atoms with Gasteiger partial charge in [-0.2, -0.15) is 0 Å². The first-order chi connectivity index (χ1) is 10.7. The van der Waals surface area contributed by atoms with Crippen molar-refractivity contribution in [3.8, 4) is 0 Å². The lowest BCUT2D eigenvalue weighted by Gasteiger charge is -2.35. The fourth-order valence-electron chi connectivity index (χ4n) is 2.25. The van der Waals surface area contributed by atoms with Crippen molar-refractivity contribution in [1.29, 1.82) is 0 Å². The Bertz CT molecular complexity index is 608. The monoisotopic (exact) mass is 386 g/mol. The standard InChI is InChI=1S/C16H20BrFN2O3/c1-16(2,3)23-15(22)20-8-6-19(7-9-20)14(21)12-5-4-11(18)10-13(12)17/h4-5,10H,6-9H2,1-3H3. The second kappa shape index (κ2) is 6.86. The largest absolute Gasteiger partial charge is 0.444 e. The molecule has 126 valence electrons. The summed E-state index contributed by atoms with van der Waals surface area (Å²) in [7, 11) is 0. The Balaban J connectivity index is 1.96. The normalized spacial score (nSPS) is 15.5. The number of piperazine rings is 1. The summed E-state index contributed by atoms with van der Waals surface area (Å²) in [5, 5.41) is 0. The van der Waals surface area contributed by atoms with Gasteiger partial charge in [-0.05, 0) is 54.9 Å². The van der Waals surface area contributed by atoms with Gasteiger partial charge < -0.3 is 14.5 Å². The summed E-state index contributed by atoms with van der Waals surface area (Å²) >= 11 is 3.21. The van der Waals surface area contributed by atoms with Crippen LogP contribution in [-0.2, 0) is 4.74 Å². The molecule has 0 unspecified atom stereocenters. The van der Waals surface area contributed by atoms with Crippen LogP contribution >= 0.6 is 15.9 Å². The van der Waals surface area contributed by atoms with Gasteiger partial charge in [-0.15, -0.1) is 0 Å². The van der Waals surface area contributed by atoms with Crippen molar-refractivity contribution >= 4 is 27.9 Å². The van der Waals surface area contributed by atoms with Gasteiger partial charge in [-0.25, -0.2) is 9.18 Å². The number of rotatable bonds is 1. The molecule has 1 aliphatic heterocycles. The van der Waals surface area contributed by atoms with Crippen LogP contribution in [0.5, 0.6) is 0 Å². The number of halogens is 2. The first kappa shape index (κ1) is 17.7. The number of hydrogen-bond donors (Lipinski definition) is 0. The van der Waals surface area contributed by atoms with Gasteiger partial charge in [0.25, 0.3) is 5.91 Å². The molecule has 0 aromatic heterocycles. The van der Waals surface area contributed by atoms with Gasteiger partial charge in [-0.3, -0.25) is 4.79 Å². The maximum Gasteiger partial charge on any atom is 0.410 e. The predicted molar refractivity (Wildman–Crippen MR) is 87.8 cm³/mol. The number of amides is 2. The van der Waals surface area contributed by atoms with E-state index in [1.165, 1.54) is 18.2 Å². The summed E-state index contributed by atoms with van der Waals surface area (Å²) in [6.45, 7) is 7.12. The van der Waals surface area contributed by atoms with Crippen molar-refractivity contribution in [1.82, 2.24) is 9.80 Å². The van der Waals surface area contributed by atoms with Gasteiger partial charge in [-0.1, -0.05) is 0 Å². The fraction of sp³-hybridized carbons (Fsp3) is 0.500. The second-order valence-electron chi connectivity index (χ2n) is 6.38. The smallest absolute Gasteiger partial charge is 0.410 e. The van der Waals surface area contributed by atoms with Gasteiger partial charge in [0, 0.05) is 30.7 Å². The van der Waals surface area contributed by atoms with E-state index in [4.69, 9.17) is 4.74 Å². The Labute approximate surface area is 143 Å². The van der Waals surface area contributed by atoms with E-state index >= 15 is 0 Å².